The molecule has 0 saturated heterocycles. The SMILES string of the molecule is Br.Br.CCC(C)CC.CCC(C)CC.CCCCCC. The van der Waals surface area contributed by atoms with Crippen molar-refractivity contribution in [2.24, 2.45) is 11.8 Å². The van der Waals surface area contributed by atoms with Crippen molar-refractivity contribution in [2.75, 3.05) is 0 Å². The van der Waals surface area contributed by atoms with E-state index >= 15 is 0 Å². The van der Waals surface area contributed by atoms with Gasteiger partial charge in [0.15, 0.2) is 0 Å². The number of hydrogen-bond donors (Lipinski definition) is 0. The average Bonchev–Trinajstić information content (AvgIpc) is 2.44. The molecule has 0 aliphatic carbocycles. The second kappa shape index (κ2) is 32.1. The molecule has 0 heterocycles. The smallest absolute Gasteiger partial charge is 0.0448 e. The van der Waals surface area contributed by atoms with E-state index in [1.54, 1.807) is 0 Å². The predicted molar refractivity (Wildman–Crippen MR) is 110 cm³/mol. The number of halogens is 2. The van der Waals surface area contributed by atoms with E-state index in [1.165, 1.54) is 51.4 Å². The largest absolute Gasteiger partial charge is 0.114 e. The van der Waals surface area contributed by atoms with Crippen LogP contribution in [-0.2, 0) is 0 Å². The molecule has 0 aromatic rings. The van der Waals surface area contributed by atoms with Gasteiger partial charge in [-0.2, -0.15) is 0 Å². The van der Waals surface area contributed by atoms with E-state index in [-0.39, 0.29) is 34.0 Å². The summed E-state index contributed by atoms with van der Waals surface area (Å²) in [5.41, 5.74) is 0. The third-order valence-corrected chi connectivity index (χ3v) is 3.74. The summed E-state index contributed by atoms with van der Waals surface area (Å²) >= 11 is 0. The Labute approximate surface area is 152 Å². The lowest BCUT2D eigenvalue weighted by molar-refractivity contribution is 0.544. The second-order valence-electron chi connectivity index (χ2n) is 5.55. The number of unbranched alkanes of at least 4 members (excludes halogenated alkanes) is 3. The molecular weight excluding hydrogens is 376 g/mol. The minimum absolute atomic E-state index is 0. The van der Waals surface area contributed by atoms with E-state index in [1.807, 2.05) is 0 Å². The Bertz CT molecular complexity index is 94.0. The molecule has 0 nitrogen and oxygen atoms in total. The van der Waals surface area contributed by atoms with Crippen molar-refractivity contribution in [3.05, 3.63) is 0 Å². The Morgan fingerprint density at radius 1 is 0.500 bits per heavy atom. The molecule has 0 bridgehead atoms. The Hall–Kier alpha value is 0.960. The monoisotopic (exact) mass is 418 g/mol. The maximum Gasteiger partial charge on any atom is -0.0448 e. The Morgan fingerprint density at radius 2 is 0.700 bits per heavy atom. The van der Waals surface area contributed by atoms with Gasteiger partial charge in [0.25, 0.3) is 0 Å². The zero-order valence-electron chi connectivity index (χ0n) is 15.6. The summed E-state index contributed by atoms with van der Waals surface area (Å²) < 4.78 is 0. The van der Waals surface area contributed by atoms with Gasteiger partial charge in [-0.15, -0.1) is 34.0 Å². The fourth-order valence-electron chi connectivity index (χ4n) is 1.08. The van der Waals surface area contributed by atoms with Crippen LogP contribution in [0, 0.1) is 11.8 Å². The molecule has 0 saturated carbocycles. The Morgan fingerprint density at radius 3 is 0.750 bits per heavy atom. The molecule has 2 heteroatoms. The highest BCUT2D eigenvalue weighted by atomic mass is 79.9. The molecule has 0 N–H and O–H groups in total. The molecule has 0 amide bonds. The molecule has 20 heavy (non-hydrogen) atoms. The van der Waals surface area contributed by atoms with Gasteiger partial charge in [-0.3, -0.25) is 0 Å². The molecule has 0 rings (SSSR count). The molecule has 0 fully saturated rings. The van der Waals surface area contributed by atoms with Crippen molar-refractivity contribution in [3.63, 3.8) is 0 Å². The summed E-state index contributed by atoms with van der Waals surface area (Å²) in [6.07, 6.45) is 10.9. The first-order valence-corrected chi connectivity index (χ1v) is 8.53. The molecule has 0 aromatic carbocycles. The summed E-state index contributed by atoms with van der Waals surface area (Å²) in [6, 6.07) is 0. The third kappa shape index (κ3) is 42.8. The summed E-state index contributed by atoms with van der Waals surface area (Å²) in [4.78, 5) is 0. The molecular formula is C18H44Br2. The van der Waals surface area contributed by atoms with Crippen LogP contribution in [0.15, 0.2) is 0 Å². The van der Waals surface area contributed by atoms with Crippen LogP contribution in [-0.4, -0.2) is 0 Å². The highest BCUT2D eigenvalue weighted by molar-refractivity contribution is 8.93. The van der Waals surface area contributed by atoms with Gasteiger partial charge in [-0.05, 0) is 11.8 Å². The predicted octanol–water partition coefficient (Wildman–Crippen LogP) is 8.63. The van der Waals surface area contributed by atoms with Crippen LogP contribution in [0.2, 0.25) is 0 Å². The average molecular weight is 420 g/mol. The van der Waals surface area contributed by atoms with Crippen LogP contribution >= 0.6 is 34.0 Å². The van der Waals surface area contributed by atoms with Crippen LogP contribution in [0.25, 0.3) is 0 Å². The Kier molecular flexibility index (Phi) is 52.6. The standard InChI is InChI=1S/3C6H14.2BrH/c2*1-4-6(3)5-2;1-3-5-6-4-2;;/h2*6H,4-5H2,1-3H3;3-6H2,1-2H3;2*1H. The fraction of sp³-hybridized carbons (Fsp3) is 1.00. The van der Waals surface area contributed by atoms with Crippen molar-refractivity contribution >= 4 is 34.0 Å². The molecule has 0 atom stereocenters. The first-order chi connectivity index (χ1) is 8.53. The lowest BCUT2D eigenvalue weighted by Crippen LogP contribution is -1.85. The second-order valence-corrected chi connectivity index (χ2v) is 5.55. The van der Waals surface area contributed by atoms with E-state index in [4.69, 9.17) is 0 Å². The van der Waals surface area contributed by atoms with Gasteiger partial charge in [-0.1, -0.05) is 107 Å². The molecule has 130 valence electrons. The van der Waals surface area contributed by atoms with Crippen LogP contribution in [0.1, 0.15) is 107 Å². The van der Waals surface area contributed by atoms with E-state index in [9.17, 15) is 0 Å². The van der Waals surface area contributed by atoms with E-state index in [0.717, 1.165) is 11.8 Å². The van der Waals surface area contributed by atoms with Gasteiger partial charge >= 0.3 is 0 Å². The van der Waals surface area contributed by atoms with Crippen LogP contribution in [0.3, 0.4) is 0 Å². The van der Waals surface area contributed by atoms with Gasteiger partial charge in [0.2, 0.25) is 0 Å². The van der Waals surface area contributed by atoms with Crippen LogP contribution < -0.4 is 0 Å². The van der Waals surface area contributed by atoms with Crippen molar-refractivity contribution in [3.8, 4) is 0 Å². The van der Waals surface area contributed by atoms with Gasteiger partial charge in [0.1, 0.15) is 0 Å². The van der Waals surface area contributed by atoms with E-state index in [0.29, 0.717) is 0 Å². The molecule has 0 aromatic heterocycles. The van der Waals surface area contributed by atoms with Crippen LogP contribution in [0.5, 0.6) is 0 Å². The number of rotatable bonds is 7. The summed E-state index contributed by atoms with van der Waals surface area (Å²) in [5, 5.41) is 0. The van der Waals surface area contributed by atoms with Crippen molar-refractivity contribution in [1.29, 1.82) is 0 Å². The van der Waals surface area contributed by atoms with Crippen molar-refractivity contribution < 1.29 is 0 Å². The van der Waals surface area contributed by atoms with Crippen molar-refractivity contribution in [2.45, 2.75) is 107 Å². The maximum atomic E-state index is 2.28. The summed E-state index contributed by atoms with van der Waals surface area (Å²) in [6.45, 7) is 17.9. The normalized spacial score (nSPS) is 8.70. The zero-order chi connectivity index (χ0) is 14.8. The van der Waals surface area contributed by atoms with E-state index in [2.05, 4.69) is 55.4 Å². The van der Waals surface area contributed by atoms with Gasteiger partial charge in [0.05, 0.1) is 0 Å². The minimum atomic E-state index is 0. The quantitative estimate of drug-likeness (QED) is 0.362. The minimum Gasteiger partial charge on any atom is -0.114 e. The first-order valence-electron chi connectivity index (χ1n) is 8.53. The highest BCUT2D eigenvalue weighted by Crippen LogP contribution is 2.03. The molecule has 0 aliphatic rings. The maximum absolute atomic E-state index is 2.28. The number of hydrogen-bond acceptors (Lipinski definition) is 0. The van der Waals surface area contributed by atoms with E-state index < -0.39 is 0 Å². The lowest BCUT2D eigenvalue weighted by atomic mass is 10.1. The zero-order valence-corrected chi connectivity index (χ0v) is 19.1. The van der Waals surface area contributed by atoms with Crippen molar-refractivity contribution in [1.82, 2.24) is 0 Å². The first kappa shape index (κ1) is 32.8. The fourth-order valence-corrected chi connectivity index (χ4v) is 1.08. The summed E-state index contributed by atoms with van der Waals surface area (Å²) in [7, 11) is 0. The lowest BCUT2D eigenvalue weighted by Gasteiger charge is -1.98. The highest BCUT2D eigenvalue weighted by Gasteiger charge is 1.89. The molecule has 0 radical (unpaired) electrons. The topological polar surface area (TPSA) is 0 Å². The van der Waals surface area contributed by atoms with Gasteiger partial charge in [-0.25, -0.2) is 0 Å². The molecule has 0 unspecified atom stereocenters. The Balaban J connectivity index is -0.0000000536. The van der Waals surface area contributed by atoms with Crippen LogP contribution in [0.4, 0.5) is 0 Å². The molecule has 0 spiro atoms. The van der Waals surface area contributed by atoms with Gasteiger partial charge < -0.3 is 0 Å². The molecule has 0 aliphatic heterocycles. The summed E-state index contributed by atoms with van der Waals surface area (Å²) in [5.74, 6) is 1.87. The third-order valence-electron chi connectivity index (χ3n) is 3.74. The van der Waals surface area contributed by atoms with Gasteiger partial charge in [0, 0.05) is 0 Å².